The molecule has 0 saturated carbocycles. The molecule has 0 amide bonds. The van der Waals surface area contributed by atoms with Crippen LogP contribution in [0.25, 0.3) is 0 Å². The summed E-state index contributed by atoms with van der Waals surface area (Å²) in [6, 6.07) is 9.24. The summed E-state index contributed by atoms with van der Waals surface area (Å²) in [5, 5.41) is 3.69. The van der Waals surface area contributed by atoms with Crippen LogP contribution in [0.4, 0.5) is 0 Å². The second-order valence-electron chi connectivity index (χ2n) is 6.64. The molecule has 1 N–H and O–H groups in total. The number of benzene rings is 1. The number of hydrogen-bond acceptors (Lipinski definition) is 1. The van der Waals surface area contributed by atoms with Crippen molar-refractivity contribution < 1.29 is 0 Å². The second kappa shape index (κ2) is 7.69. The van der Waals surface area contributed by atoms with Crippen molar-refractivity contribution >= 4 is 0 Å². The summed E-state index contributed by atoms with van der Waals surface area (Å²) >= 11 is 0. The number of hydrogen-bond donors (Lipinski definition) is 1. The maximum absolute atomic E-state index is 3.69. The van der Waals surface area contributed by atoms with Crippen LogP contribution in [0.2, 0.25) is 0 Å². The summed E-state index contributed by atoms with van der Waals surface area (Å²) in [6.45, 7) is 12.5. The van der Waals surface area contributed by atoms with Crippen molar-refractivity contribution in [1.29, 1.82) is 0 Å². The van der Waals surface area contributed by atoms with Crippen molar-refractivity contribution in [1.82, 2.24) is 5.32 Å². The van der Waals surface area contributed by atoms with Crippen molar-refractivity contribution in [2.45, 2.75) is 66.3 Å². The van der Waals surface area contributed by atoms with E-state index >= 15 is 0 Å². The van der Waals surface area contributed by atoms with Gasteiger partial charge in [0.15, 0.2) is 0 Å². The smallest absolute Gasteiger partial charge is 0.0292 e. The van der Waals surface area contributed by atoms with Crippen molar-refractivity contribution in [3.63, 3.8) is 0 Å². The van der Waals surface area contributed by atoms with Gasteiger partial charge in [0.1, 0.15) is 0 Å². The summed E-state index contributed by atoms with van der Waals surface area (Å²) in [6.07, 6.45) is 5.33. The second-order valence-corrected chi connectivity index (χ2v) is 6.64. The van der Waals surface area contributed by atoms with Gasteiger partial charge in [-0.3, -0.25) is 0 Å². The third-order valence-electron chi connectivity index (χ3n) is 3.89. The molecule has 0 spiro atoms. The van der Waals surface area contributed by atoms with E-state index in [0.29, 0.717) is 11.5 Å². The Morgan fingerprint density at radius 1 is 1.21 bits per heavy atom. The van der Waals surface area contributed by atoms with Crippen LogP contribution in [0, 0.1) is 12.3 Å². The highest BCUT2D eigenvalue weighted by Crippen LogP contribution is 2.24. The molecule has 1 rings (SSSR count). The normalized spacial score (nSPS) is 13.5. The van der Waals surface area contributed by atoms with Gasteiger partial charge in [0, 0.05) is 12.6 Å². The zero-order chi connectivity index (χ0) is 14.3. The van der Waals surface area contributed by atoms with Crippen LogP contribution < -0.4 is 5.32 Å². The molecule has 1 aromatic rings. The van der Waals surface area contributed by atoms with Gasteiger partial charge in [-0.15, -0.1) is 0 Å². The van der Waals surface area contributed by atoms with Crippen LogP contribution in [0.5, 0.6) is 0 Å². The SMILES string of the molecule is CCCCCC(C)(C)CNC(C)c1cccc(C)c1. The Labute approximate surface area is 119 Å². The lowest BCUT2D eigenvalue weighted by Gasteiger charge is -2.27. The lowest BCUT2D eigenvalue weighted by atomic mass is 9.86. The standard InChI is InChI=1S/C18H31N/c1-6-7-8-12-18(4,5)14-19-16(3)17-11-9-10-15(2)13-17/h9-11,13,16,19H,6-8,12,14H2,1-5H3. The first-order valence-corrected chi connectivity index (χ1v) is 7.74. The van der Waals surface area contributed by atoms with Crippen LogP contribution in [-0.4, -0.2) is 6.54 Å². The molecule has 0 aromatic heterocycles. The van der Waals surface area contributed by atoms with Crippen LogP contribution in [0.3, 0.4) is 0 Å². The van der Waals surface area contributed by atoms with Gasteiger partial charge in [-0.25, -0.2) is 0 Å². The highest BCUT2D eigenvalue weighted by Gasteiger charge is 2.18. The molecule has 19 heavy (non-hydrogen) atoms. The zero-order valence-electron chi connectivity index (χ0n) is 13.4. The quantitative estimate of drug-likeness (QED) is 0.630. The monoisotopic (exact) mass is 261 g/mol. The van der Waals surface area contributed by atoms with E-state index in [0.717, 1.165) is 6.54 Å². The molecule has 0 saturated heterocycles. The number of aryl methyl sites for hydroxylation is 1. The van der Waals surface area contributed by atoms with Gasteiger partial charge in [-0.2, -0.15) is 0 Å². The van der Waals surface area contributed by atoms with Gasteiger partial charge in [0.05, 0.1) is 0 Å². The molecule has 0 aliphatic rings. The molecule has 0 radical (unpaired) electrons. The Hall–Kier alpha value is -0.820. The first-order chi connectivity index (χ1) is 8.94. The van der Waals surface area contributed by atoms with Gasteiger partial charge in [-0.05, 0) is 31.2 Å². The maximum Gasteiger partial charge on any atom is 0.0292 e. The fourth-order valence-corrected chi connectivity index (χ4v) is 2.43. The van der Waals surface area contributed by atoms with E-state index in [4.69, 9.17) is 0 Å². The average Bonchev–Trinajstić information content (AvgIpc) is 2.36. The van der Waals surface area contributed by atoms with Gasteiger partial charge in [0.2, 0.25) is 0 Å². The molecular formula is C18H31N. The van der Waals surface area contributed by atoms with Crippen molar-refractivity contribution in [2.24, 2.45) is 5.41 Å². The van der Waals surface area contributed by atoms with E-state index in [1.165, 1.54) is 36.8 Å². The molecule has 1 heteroatoms. The molecule has 0 aliphatic carbocycles. The molecule has 0 fully saturated rings. The number of rotatable bonds is 8. The Bertz CT molecular complexity index is 368. The topological polar surface area (TPSA) is 12.0 Å². The molecule has 1 atom stereocenters. The van der Waals surface area contributed by atoms with E-state index in [1.54, 1.807) is 0 Å². The van der Waals surface area contributed by atoms with Crippen LogP contribution in [0.1, 0.15) is 70.5 Å². The maximum atomic E-state index is 3.69. The Balaban J connectivity index is 2.42. The van der Waals surface area contributed by atoms with Crippen molar-refractivity contribution in [3.8, 4) is 0 Å². The Morgan fingerprint density at radius 3 is 2.58 bits per heavy atom. The van der Waals surface area contributed by atoms with Crippen LogP contribution in [0.15, 0.2) is 24.3 Å². The predicted octanol–water partition coefficient (Wildman–Crippen LogP) is 5.25. The van der Waals surface area contributed by atoms with Gasteiger partial charge in [0.25, 0.3) is 0 Å². The Morgan fingerprint density at radius 2 is 1.95 bits per heavy atom. The first-order valence-electron chi connectivity index (χ1n) is 7.74. The number of unbranched alkanes of at least 4 members (excludes halogenated alkanes) is 2. The summed E-state index contributed by atoms with van der Waals surface area (Å²) in [7, 11) is 0. The van der Waals surface area contributed by atoms with E-state index in [9.17, 15) is 0 Å². The highest BCUT2D eigenvalue weighted by molar-refractivity contribution is 5.24. The summed E-state index contributed by atoms with van der Waals surface area (Å²) in [4.78, 5) is 0. The lowest BCUT2D eigenvalue weighted by molar-refractivity contribution is 0.291. The molecule has 0 bridgehead atoms. The van der Waals surface area contributed by atoms with E-state index in [1.807, 2.05) is 0 Å². The predicted molar refractivity (Wildman–Crippen MR) is 85.5 cm³/mol. The molecule has 1 nitrogen and oxygen atoms in total. The largest absolute Gasteiger partial charge is 0.310 e. The molecule has 1 unspecified atom stereocenters. The highest BCUT2D eigenvalue weighted by atomic mass is 14.9. The Kier molecular flexibility index (Phi) is 6.57. The summed E-state index contributed by atoms with van der Waals surface area (Å²) in [5.74, 6) is 0. The average molecular weight is 261 g/mol. The number of nitrogens with one attached hydrogen (secondary N) is 1. The van der Waals surface area contributed by atoms with Crippen molar-refractivity contribution in [3.05, 3.63) is 35.4 Å². The minimum Gasteiger partial charge on any atom is -0.310 e. The van der Waals surface area contributed by atoms with Gasteiger partial charge in [-0.1, -0.05) is 69.9 Å². The lowest BCUT2D eigenvalue weighted by Crippen LogP contribution is -2.31. The molecule has 0 heterocycles. The minimum absolute atomic E-state index is 0.396. The fraction of sp³-hybridized carbons (Fsp3) is 0.667. The van der Waals surface area contributed by atoms with E-state index < -0.39 is 0 Å². The third kappa shape index (κ3) is 6.24. The van der Waals surface area contributed by atoms with Gasteiger partial charge >= 0.3 is 0 Å². The van der Waals surface area contributed by atoms with Crippen molar-refractivity contribution in [2.75, 3.05) is 6.54 Å². The first kappa shape index (κ1) is 16.2. The molecule has 1 aromatic carbocycles. The van der Waals surface area contributed by atoms with E-state index in [2.05, 4.69) is 64.2 Å². The summed E-state index contributed by atoms with van der Waals surface area (Å²) < 4.78 is 0. The zero-order valence-corrected chi connectivity index (χ0v) is 13.4. The summed E-state index contributed by atoms with van der Waals surface area (Å²) in [5.41, 5.74) is 3.13. The van der Waals surface area contributed by atoms with E-state index in [-0.39, 0.29) is 0 Å². The molecule has 0 aliphatic heterocycles. The molecule has 108 valence electrons. The minimum atomic E-state index is 0.396. The fourth-order valence-electron chi connectivity index (χ4n) is 2.43. The third-order valence-corrected chi connectivity index (χ3v) is 3.89. The van der Waals surface area contributed by atoms with Gasteiger partial charge < -0.3 is 5.32 Å². The van der Waals surface area contributed by atoms with Crippen LogP contribution >= 0.6 is 0 Å². The van der Waals surface area contributed by atoms with Crippen LogP contribution in [-0.2, 0) is 0 Å². The molecular weight excluding hydrogens is 230 g/mol.